The van der Waals surface area contributed by atoms with Crippen molar-refractivity contribution in [3.8, 4) is 17.9 Å². The van der Waals surface area contributed by atoms with Crippen molar-refractivity contribution in [1.29, 1.82) is 10.5 Å². The van der Waals surface area contributed by atoms with Crippen LogP contribution in [0, 0.1) is 28.6 Å². The van der Waals surface area contributed by atoms with Gasteiger partial charge in [-0.15, -0.1) is 0 Å². The molecular weight excluding hydrogens is 224 g/mol. The Morgan fingerprint density at radius 1 is 1.28 bits per heavy atom. The van der Waals surface area contributed by atoms with Crippen LogP contribution in [0.5, 0.6) is 5.75 Å². The molecule has 92 valence electrons. The standard InChI is InChI=1S/C15H16N2O/c1-10(2)15(11(3)4)18-14-7-5-6-12(8-16)13(14)9-17/h5-7,11,15H,1H2,2-4H3. The average molecular weight is 240 g/mol. The van der Waals surface area contributed by atoms with E-state index < -0.39 is 0 Å². The molecule has 1 aromatic rings. The molecule has 1 rings (SSSR count). The van der Waals surface area contributed by atoms with Crippen molar-refractivity contribution in [3.63, 3.8) is 0 Å². The second-order valence-corrected chi connectivity index (χ2v) is 4.53. The molecule has 0 saturated carbocycles. The van der Waals surface area contributed by atoms with Gasteiger partial charge >= 0.3 is 0 Å². The lowest BCUT2D eigenvalue weighted by Gasteiger charge is -2.23. The van der Waals surface area contributed by atoms with Gasteiger partial charge < -0.3 is 4.74 Å². The van der Waals surface area contributed by atoms with Crippen LogP contribution in [0.4, 0.5) is 0 Å². The molecule has 0 saturated heterocycles. The van der Waals surface area contributed by atoms with Crippen LogP contribution in [0.2, 0.25) is 0 Å². The second-order valence-electron chi connectivity index (χ2n) is 4.53. The molecular formula is C15H16N2O. The van der Waals surface area contributed by atoms with Gasteiger partial charge in [0.1, 0.15) is 29.6 Å². The normalized spacial score (nSPS) is 11.4. The fourth-order valence-corrected chi connectivity index (χ4v) is 1.78. The fourth-order valence-electron chi connectivity index (χ4n) is 1.78. The first kappa shape index (κ1) is 13.8. The van der Waals surface area contributed by atoms with Crippen LogP contribution < -0.4 is 4.74 Å². The van der Waals surface area contributed by atoms with Gasteiger partial charge in [0.15, 0.2) is 0 Å². The third kappa shape index (κ3) is 2.90. The highest BCUT2D eigenvalue weighted by Crippen LogP contribution is 2.25. The molecule has 1 atom stereocenters. The van der Waals surface area contributed by atoms with Gasteiger partial charge in [-0.3, -0.25) is 0 Å². The lowest BCUT2D eigenvalue weighted by molar-refractivity contribution is 0.186. The smallest absolute Gasteiger partial charge is 0.139 e. The van der Waals surface area contributed by atoms with E-state index in [0.717, 1.165) is 5.57 Å². The Balaban J connectivity index is 3.16. The maximum atomic E-state index is 9.12. The zero-order valence-corrected chi connectivity index (χ0v) is 10.9. The van der Waals surface area contributed by atoms with Crippen LogP contribution in [0.3, 0.4) is 0 Å². The van der Waals surface area contributed by atoms with E-state index in [2.05, 4.69) is 6.58 Å². The highest BCUT2D eigenvalue weighted by atomic mass is 16.5. The van der Waals surface area contributed by atoms with Gasteiger partial charge in [-0.2, -0.15) is 10.5 Å². The monoisotopic (exact) mass is 240 g/mol. The molecule has 1 unspecified atom stereocenters. The van der Waals surface area contributed by atoms with Crippen LogP contribution in [0.15, 0.2) is 30.4 Å². The first-order valence-corrected chi connectivity index (χ1v) is 5.76. The Hall–Kier alpha value is -2.26. The Kier molecular flexibility index (Phi) is 4.52. The van der Waals surface area contributed by atoms with E-state index in [4.69, 9.17) is 15.3 Å². The van der Waals surface area contributed by atoms with Crippen molar-refractivity contribution < 1.29 is 4.74 Å². The molecule has 0 aliphatic carbocycles. The topological polar surface area (TPSA) is 56.8 Å². The van der Waals surface area contributed by atoms with Crippen molar-refractivity contribution >= 4 is 0 Å². The molecule has 0 amide bonds. The summed E-state index contributed by atoms with van der Waals surface area (Å²) in [7, 11) is 0. The molecule has 3 heteroatoms. The average Bonchev–Trinajstić information content (AvgIpc) is 2.34. The van der Waals surface area contributed by atoms with E-state index in [1.54, 1.807) is 18.2 Å². The molecule has 0 aliphatic heterocycles. The highest BCUT2D eigenvalue weighted by molar-refractivity contribution is 5.54. The first-order valence-electron chi connectivity index (χ1n) is 5.76. The van der Waals surface area contributed by atoms with Crippen LogP contribution in [0.25, 0.3) is 0 Å². The molecule has 18 heavy (non-hydrogen) atoms. The molecule has 0 bridgehead atoms. The summed E-state index contributed by atoms with van der Waals surface area (Å²) in [6.45, 7) is 9.85. The summed E-state index contributed by atoms with van der Waals surface area (Å²) < 4.78 is 5.83. The Morgan fingerprint density at radius 3 is 2.39 bits per heavy atom. The Morgan fingerprint density at radius 2 is 1.94 bits per heavy atom. The lowest BCUT2D eigenvalue weighted by Crippen LogP contribution is -2.24. The Labute approximate surface area is 108 Å². The number of ether oxygens (including phenoxy) is 1. The van der Waals surface area contributed by atoms with Gasteiger partial charge in [0.25, 0.3) is 0 Å². The number of rotatable bonds is 4. The van der Waals surface area contributed by atoms with Crippen molar-refractivity contribution in [2.24, 2.45) is 5.92 Å². The number of hydrogen-bond donors (Lipinski definition) is 0. The summed E-state index contributed by atoms with van der Waals surface area (Å²) in [5.41, 5.74) is 1.52. The van der Waals surface area contributed by atoms with Crippen LogP contribution in [-0.2, 0) is 0 Å². The van der Waals surface area contributed by atoms with Crippen molar-refractivity contribution in [1.82, 2.24) is 0 Å². The van der Waals surface area contributed by atoms with Gasteiger partial charge in [0, 0.05) is 0 Å². The van der Waals surface area contributed by atoms with Crippen LogP contribution in [-0.4, -0.2) is 6.10 Å². The van der Waals surface area contributed by atoms with E-state index in [9.17, 15) is 0 Å². The second kappa shape index (κ2) is 5.89. The molecule has 0 aromatic heterocycles. The number of nitrogens with zero attached hydrogens (tertiary/aromatic N) is 2. The van der Waals surface area contributed by atoms with Crippen molar-refractivity contribution in [2.45, 2.75) is 26.9 Å². The summed E-state index contributed by atoms with van der Waals surface area (Å²) in [5.74, 6) is 0.693. The quantitative estimate of drug-likeness (QED) is 0.758. The molecule has 0 N–H and O–H groups in total. The van der Waals surface area contributed by atoms with Gasteiger partial charge in [0.05, 0.1) is 5.56 Å². The molecule has 3 nitrogen and oxygen atoms in total. The number of hydrogen-bond acceptors (Lipinski definition) is 3. The molecule has 1 aromatic carbocycles. The third-order valence-corrected chi connectivity index (χ3v) is 2.60. The van der Waals surface area contributed by atoms with Gasteiger partial charge in [-0.1, -0.05) is 26.5 Å². The van der Waals surface area contributed by atoms with E-state index in [1.165, 1.54) is 0 Å². The minimum Gasteiger partial charge on any atom is -0.484 e. The number of nitriles is 2. The summed E-state index contributed by atoms with van der Waals surface area (Å²) >= 11 is 0. The summed E-state index contributed by atoms with van der Waals surface area (Å²) in [4.78, 5) is 0. The van der Waals surface area contributed by atoms with E-state index in [0.29, 0.717) is 11.3 Å². The highest BCUT2D eigenvalue weighted by Gasteiger charge is 2.18. The fraction of sp³-hybridized carbons (Fsp3) is 0.333. The molecule has 0 heterocycles. The van der Waals surface area contributed by atoms with E-state index >= 15 is 0 Å². The first-order chi connectivity index (χ1) is 8.51. The maximum Gasteiger partial charge on any atom is 0.139 e. The van der Waals surface area contributed by atoms with E-state index in [-0.39, 0.29) is 17.6 Å². The number of benzene rings is 1. The minimum atomic E-state index is -0.161. The molecule has 0 spiro atoms. The SMILES string of the molecule is C=C(C)C(Oc1cccc(C#N)c1C#N)C(C)C. The van der Waals surface area contributed by atoms with E-state index in [1.807, 2.05) is 32.9 Å². The molecule has 0 radical (unpaired) electrons. The van der Waals surface area contributed by atoms with Gasteiger partial charge in [0.2, 0.25) is 0 Å². The molecule has 0 aliphatic rings. The zero-order chi connectivity index (χ0) is 13.7. The summed E-state index contributed by atoms with van der Waals surface area (Å²) in [5, 5.41) is 18.1. The van der Waals surface area contributed by atoms with Gasteiger partial charge in [-0.25, -0.2) is 0 Å². The molecule has 0 fully saturated rings. The van der Waals surface area contributed by atoms with Crippen LogP contribution >= 0.6 is 0 Å². The summed E-state index contributed by atoms with van der Waals surface area (Å²) in [6.07, 6.45) is -0.161. The summed E-state index contributed by atoms with van der Waals surface area (Å²) in [6, 6.07) is 9.04. The lowest BCUT2D eigenvalue weighted by atomic mass is 10.0. The van der Waals surface area contributed by atoms with Gasteiger partial charge in [-0.05, 0) is 30.5 Å². The largest absolute Gasteiger partial charge is 0.484 e. The minimum absolute atomic E-state index is 0.161. The van der Waals surface area contributed by atoms with Crippen molar-refractivity contribution in [2.75, 3.05) is 0 Å². The zero-order valence-electron chi connectivity index (χ0n) is 10.9. The third-order valence-electron chi connectivity index (χ3n) is 2.60. The van der Waals surface area contributed by atoms with Crippen LogP contribution in [0.1, 0.15) is 31.9 Å². The predicted octanol–water partition coefficient (Wildman–Crippen LogP) is 3.41. The maximum absolute atomic E-state index is 9.12. The Bertz CT molecular complexity index is 532. The predicted molar refractivity (Wildman–Crippen MR) is 69.9 cm³/mol. The van der Waals surface area contributed by atoms with Crippen molar-refractivity contribution in [3.05, 3.63) is 41.5 Å².